The first-order valence-electron chi connectivity index (χ1n) is 9.17. The van der Waals surface area contributed by atoms with Crippen LogP contribution in [-0.2, 0) is 13.0 Å². The topological polar surface area (TPSA) is 80.6 Å². The van der Waals surface area contributed by atoms with Gasteiger partial charge in [0.2, 0.25) is 0 Å². The molecule has 1 N–H and O–H groups in total. The zero-order valence-corrected chi connectivity index (χ0v) is 16.2. The zero-order chi connectivity index (χ0) is 19.7. The van der Waals surface area contributed by atoms with Crippen molar-refractivity contribution in [3.8, 4) is 11.5 Å². The highest BCUT2D eigenvalue weighted by molar-refractivity contribution is 6.32. The Kier molecular flexibility index (Phi) is 4.96. The predicted octanol–water partition coefficient (Wildman–Crippen LogP) is 3.57. The maximum atomic E-state index is 12.3. The van der Waals surface area contributed by atoms with Crippen LogP contribution in [0.5, 0.6) is 0 Å². The van der Waals surface area contributed by atoms with Gasteiger partial charge in [0.15, 0.2) is 11.5 Å². The number of hydrogen-bond acceptors (Lipinski definition) is 4. The van der Waals surface area contributed by atoms with Crippen LogP contribution in [0.2, 0.25) is 5.02 Å². The van der Waals surface area contributed by atoms with E-state index in [1.165, 1.54) is 5.56 Å². The molecule has 142 valence electrons. The van der Waals surface area contributed by atoms with Gasteiger partial charge in [-0.2, -0.15) is 4.98 Å². The van der Waals surface area contributed by atoms with Crippen LogP contribution in [0.15, 0.2) is 52.1 Å². The van der Waals surface area contributed by atoms with Crippen molar-refractivity contribution in [1.29, 1.82) is 0 Å². The fourth-order valence-corrected chi connectivity index (χ4v) is 3.55. The van der Waals surface area contributed by atoms with Crippen LogP contribution in [0.25, 0.3) is 22.6 Å². The van der Waals surface area contributed by atoms with Crippen LogP contribution in [0, 0.1) is 6.92 Å². The van der Waals surface area contributed by atoms with Gasteiger partial charge >= 0.3 is 5.69 Å². The van der Waals surface area contributed by atoms with Gasteiger partial charge in [0.05, 0.1) is 11.0 Å². The summed E-state index contributed by atoms with van der Waals surface area (Å²) < 4.78 is 1.88. The zero-order valence-electron chi connectivity index (χ0n) is 15.4. The van der Waals surface area contributed by atoms with Crippen LogP contribution < -0.4 is 11.2 Å². The fraction of sp³-hybridized carbons (Fsp3) is 0.238. The molecule has 2 aliphatic heterocycles. The molecule has 0 unspecified atom stereocenters. The number of H-pyrrole nitrogens is 1. The molecule has 0 atom stereocenters. The molecular formula is C21H19ClN4O2. The molecule has 0 saturated heterocycles. The third-order valence-electron chi connectivity index (χ3n) is 4.83. The molecular weight excluding hydrogens is 376 g/mol. The van der Waals surface area contributed by atoms with Crippen molar-refractivity contribution in [2.24, 2.45) is 0 Å². The number of benzene rings is 2. The monoisotopic (exact) mass is 394 g/mol. The lowest BCUT2D eigenvalue weighted by Gasteiger charge is -2.17. The largest absolute Gasteiger partial charge is 0.349 e. The first kappa shape index (κ1) is 18.4. The van der Waals surface area contributed by atoms with E-state index in [9.17, 15) is 9.59 Å². The first-order chi connectivity index (χ1) is 13.5. The Balaban J connectivity index is 1.74. The smallest absolute Gasteiger partial charge is 0.322 e. The van der Waals surface area contributed by atoms with E-state index in [0.717, 1.165) is 30.3 Å². The van der Waals surface area contributed by atoms with Crippen molar-refractivity contribution in [3.05, 3.63) is 79.5 Å². The lowest BCUT2D eigenvalue weighted by atomic mass is 10.1. The van der Waals surface area contributed by atoms with Gasteiger partial charge in [-0.1, -0.05) is 41.9 Å². The highest BCUT2D eigenvalue weighted by atomic mass is 35.5. The molecule has 0 radical (unpaired) electrons. The summed E-state index contributed by atoms with van der Waals surface area (Å²) in [6.45, 7) is 2.50. The average Bonchev–Trinajstić information content (AvgIpc) is 2.67. The molecule has 2 aromatic rings. The number of rotatable bonds is 5. The average molecular weight is 395 g/mol. The third-order valence-corrected chi connectivity index (χ3v) is 5.24. The minimum atomic E-state index is -0.671. The second kappa shape index (κ2) is 7.56. The van der Waals surface area contributed by atoms with E-state index in [1.807, 2.05) is 41.8 Å². The van der Waals surface area contributed by atoms with Crippen LogP contribution >= 0.6 is 11.6 Å². The number of aromatic nitrogens is 4. The van der Waals surface area contributed by atoms with Crippen LogP contribution in [0.3, 0.4) is 0 Å². The van der Waals surface area contributed by atoms with Gasteiger partial charge in [-0.15, -0.1) is 0 Å². The maximum absolute atomic E-state index is 12.3. The van der Waals surface area contributed by atoms with E-state index in [0.29, 0.717) is 22.9 Å². The molecule has 2 aliphatic rings. The SMILES string of the molecule is Cc1cc2nc3c(=O)[nH]c(=O)nc-3n(CCCCc3ccccc3)c2cc1Cl. The molecule has 4 rings (SSSR count). The van der Waals surface area contributed by atoms with Crippen molar-refractivity contribution >= 4 is 22.6 Å². The van der Waals surface area contributed by atoms with E-state index in [2.05, 4.69) is 27.1 Å². The number of nitrogens with one attached hydrogen (secondary N) is 1. The maximum Gasteiger partial charge on any atom is 0.349 e. The van der Waals surface area contributed by atoms with E-state index in [-0.39, 0.29) is 5.69 Å². The molecule has 6 nitrogen and oxygen atoms in total. The van der Waals surface area contributed by atoms with Crippen molar-refractivity contribution in [2.45, 2.75) is 32.7 Å². The van der Waals surface area contributed by atoms with E-state index >= 15 is 0 Å². The number of nitrogens with zero attached hydrogens (tertiary/aromatic N) is 3. The van der Waals surface area contributed by atoms with Gasteiger partial charge < -0.3 is 4.57 Å². The van der Waals surface area contributed by atoms with Crippen molar-refractivity contribution < 1.29 is 0 Å². The Labute approximate surface area is 166 Å². The summed E-state index contributed by atoms with van der Waals surface area (Å²) in [6.07, 6.45) is 2.79. The summed E-state index contributed by atoms with van der Waals surface area (Å²) in [7, 11) is 0. The van der Waals surface area contributed by atoms with Crippen molar-refractivity contribution in [1.82, 2.24) is 19.5 Å². The Morgan fingerprint density at radius 1 is 1.07 bits per heavy atom. The molecule has 0 saturated carbocycles. The number of halogens is 1. The van der Waals surface area contributed by atoms with Gasteiger partial charge in [-0.25, -0.2) is 9.78 Å². The second-order valence-electron chi connectivity index (χ2n) is 6.84. The summed E-state index contributed by atoms with van der Waals surface area (Å²) in [5, 5.41) is 0.610. The number of aromatic amines is 1. The number of hydrogen-bond donors (Lipinski definition) is 1. The molecule has 0 amide bonds. The summed E-state index contributed by atoms with van der Waals surface area (Å²) >= 11 is 6.32. The van der Waals surface area contributed by atoms with Gasteiger partial charge in [-0.05, 0) is 49.4 Å². The lowest BCUT2D eigenvalue weighted by molar-refractivity contribution is 0.615. The Morgan fingerprint density at radius 3 is 2.64 bits per heavy atom. The first-order valence-corrected chi connectivity index (χ1v) is 9.55. The Morgan fingerprint density at radius 2 is 1.86 bits per heavy atom. The molecule has 0 spiro atoms. The second-order valence-corrected chi connectivity index (χ2v) is 7.25. The summed E-state index contributed by atoms with van der Waals surface area (Å²) in [5.41, 5.74) is 2.55. The Bertz CT molecular complexity index is 1230. The van der Waals surface area contributed by atoms with Gasteiger partial charge in [0.1, 0.15) is 0 Å². The molecule has 2 heterocycles. The molecule has 2 aromatic carbocycles. The molecule has 7 heteroatoms. The molecule has 0 bridgehead atoms. The minimum Gasteiger partial charge on any atom is -0.322 e. The fourth-order valence-electron chi connectivity index (χ4n) is 3.39. The van der Waals surface area contributed by atoms with Gasteiger partial charge in [0, 0.05) is 11.6 Å². The van der Waals surface area contributed by atoms with Crippen LogP contribution in [0.1, 0.15) is 24.0 Å². The molecule has 0 aliphatic carbocycles. The molecule has 0 fully saturated rings. The van der Waals surface area contributed by atoms with Gasteiger partial charge in [-0.3, -0.25) is 9.78 Å². The minimum absolute atomic E-state index is 0.164. The van der Waals surface area contributed by atoms with Gasteiger partial charge in [0.25, 0.3) is 5.56 Å². The third kappa shape index (κ3) is 3.55. The van der Waals surface area contributed by atoms with Crippen molar-refractivity contribution in [2.75, 3.05) is 0 Å². The molecule has 0 aromatic heterocycles. The summed E-state index contributed by atoms with van der Waals surface area (Å²) in [5.74, 6) is 0.292. The number of aryl methyl sites for hydroxylation is 3. The standard InChI is InChI=1S/C21H19ClN4O2/c1-13-11-16-17(12-15(13)22)26(10-6-5-9-14-7-3-2-4-8-14)19-18(23-16)20(27)25-21(28)24-19/h2-4,7-8,11-12H,5-6,9-10H2,1H3,(H,25,27,28). The van der Waals surface area contributed by atoms with Crippen LogP contribution in [-0.4, -0.2) is 19.5 Å². The van der Waals surface area contributed by atoms with E-state index in [1.54, 1.807) is 0 Å². The quantitative estimate of drug-likeness (QED) is 0.414. The highest BCUT2D eigenvalue weighted by Gasteiger charge is 2.19. The number of unbranched alkanes of at least 4 members (excludes halogenated alkanes) is 1. The Hall–Kier alpha value is -2.99. The van der Waals surface area contributed by atoms with E-state index in [4.69, 9.17) is 11.6 Å². The number of fused-ring (bicyclic) bond motifs is 2. The lowest BCUT2D eigenvalue weighted by Crippen LogP contribution is -2.29. The predicted molar refractivity (Wildman–Crippen MR) is 110 cm³/mol. The summed E-state index contributed by atoms with van der Waals surface area (Å²) in [6, 6.07) is 14.0. The van der Waals surface area contributed by atoms with Crippen molar-refractivity contribution in [3.63, 3.8) is 0 Å². The molecule has 28 heavy (non-hydrogen) atoms. The van der Waals surface area contributed by atoms with E-state index < -0.39 is 11.2 Å². The van der Waals surface area contributed by atoms with Crippen LogP contribution in [0.4, 0.5) is 0 Å². The normalized spacial score (nSPS) is 11.4. The highest BCUT2D eigenvalue weighted by Crippen LogP contribution is 2.26. The summed E-state index contributed by atoms with van der Waals surface area (Å²) in [4.78, 5) is 34.7.